The van der Waals surface area contributed by atoms with Crippen LogP contribution in [0.3, 0.4) is 0 Å². The lowest BCUT2D eigenvalue weighted by Crippen LogP contribution is -2.64. The number of anilines is 1. The van der Waals surface area contributed by atoms with Crippen molar-refractivity contribution in [2.45, 2.75) is 24.0 Å². The minimum absolute atomic E-state index is 0.0835. The van der Waals surface area contributed by atoms with Gasteiger partial charge in [0.1, 0.15) is 18.3 Å². The Morgan fingerprint density at radius 1 is 1.03 bits per heavy atom. The molecule has 2 aromatic carbocycles. The average Bonchev–Trinajstić information content (AvgIpc) is 3.34. The van der Waals surface area contributed by atoms with E-state index in [0.29, 0.717) is 10.6 Å². The molecule has 0 aliphatic carbocycles. The molecule has 2 N–H and O–H groups in total. The molecule has 1 fully saturated rings. The second kappa shape index (κ2) is 10.9. The molecule has 4 rings (SSSR count). The Kier molecular flexibility index (Phi) is 7.79. The largest absolute Gasteiger partial charge is 0.416 e. The van der Waals surface area contributed by atoms with Crippen LogP contribution in [0, 0.1) is 0 Å². The van der Waals surface area contributed by atoms with Crippen LogP contribution in [0.1, 0.15) is 11.1 Å². The molecule has 0 saturated carbocycles. The van der Waals surface area contributed by atoms with E-state index >= 15 is 0 Å². The van der Waals surface area contributed by atoms with Gasteiger partial charge < -0.3 is 15.5 Å². The maximum Gasteiger partial charge on any atom is 0.416 e. The molecule has 2 aliphatic heterocycles. The number of halogens is 4. The van der Waals surface area contributed by atoms with Gasteiger partial charge in [-0.1, -0.05) is 41.9 Å². The van der Waals surface area contributed by atoms with Crippen molar-refractivity contribution in [1.82, 2.24) is 15.1 Å². The Bertz CT molecular complexity index is 1270. The molecule has 8 nitrogen and oxygen atoms in total. The van der Waals surface area contributed by atoms with E-state index in [0.717, 1.165) is 39.8 Å². The van der Waals surface area contributed by atoms with Gasteiger partial charge in [0.25, 0.3) is 0 Å². The van der Waals surface area contributed by atoms with Gasteiger partial charge >= 0.3 is 12.2 Å². The van der Waals surface area contributed by atoms with E-state index in [9.17, 15) is 32.3 Å². The third kappa shape index (κ3) is 6.08. The lowest BCUT2D eigenvalue weighted by Gasteiger charge is -2.40. The van der Waals surface area contributed by atoms with Crippen LogP contribution in [-0.4, -0.2) is 57.9 Å². The molecule has 194 valence electrons. The molecule has 2 atom stereocenters. The standard InChI is InChI=1S/C24H20ClF3N4O4S/c25-17-7-2-1-4-14(17)11-29-19(33)12-32-22(35)21-18(8-9-37-21)31(23(32)36)13-20(34)30-16-6-3-5-15(10-16)24(26,27)28/h1-10,18,21H,11-13H2,(H,29,33)(H,30,34). The second-order valence-electron chi connectivity index (χ2n) is 8.21. The number of alkyl halides is 3. The van der Waals surface area contributed by atoms with E-state index in [2.05, 4.69) is 10.6 Å². The number of fused-ring (bicyclic) bond motifs is 1. The van der Waals surface area contributed by atoms with E-state index in [4.69, 9.17) is 11.6 Å². The van der Waals surface area contributed by atoms with Gasteiger partial charge in [-0.15, -0.1) is 11.8 Å². The van der Waals surface area contributed by atoms with Crippen LogP contribution in [0.15, 0.2) is 60.0 Å². The summed E-state index contributed by atoms with van der Waals surface area (Å²) in [6, 6.07) is 9.36. The summed E-state index contributed by atoms with van der Waals surface area (Å²) in [6.07, 6.45) is -2.99. The van der Waals surface area contributed by atoms with Gasteiger partial charge in [0, 0.05) is 17.3 Å². The molecule has 0 spiro atoms. The van der Waals surface area contributed by atoms with Crippen molar-refractivity contribution in [3.63, 3.8) is 0 Å². The number of carbonyl (C=O) groups excluding carboxylic acids is 4. The zero-order chi connectivity index (χ0) is 26.7. The van der Waals surface area contributed by atoms with Crippen molar-refractivity contribution in [2.24, 2.45) is 0 Å². The van der Waals surface area contributed by atoms with Gasteiger partial charge in [0.2, 0.25) is 17.7 Å². The average molecular weight is 553 g/mol. The number of rotatable bonds is 7. The molecule has 1 saturated heterocycles. The number of hydrogen-bond acceptors (Lipinski definition) is 5. The Balaban J connectivity index is 1.43. The molecule has 0 bridgehead atoms. The van der Waals surface area contributed by atoms with Crippen LogP contribution in [0.4, 0.5) is 23.7 Å². The van der Waals surface area contributed by atoms with E-state index in [1.54, 1.807) is 35.7 Å². The molecule has 2 aliphatic rings. The monoisotopic (exact) mass is 552 g/mol. The van der Waals surface area contributed by atoms with E-state index in [1.165, 1.54) is 6.07 Å². The molecular weight excluding hydrogens is 533 g/mol. The molecule has 0 aromatic heterocycles. The zero-order valence-corrected chi connectivity index (χ0v) is 20.6. The highest BCUT2D eigenvalue weighted by molar-refractivity contribution is 8.03. The van der Waals surface area contributed by atoms with Gasteiger partial charge in [-0.25, -0.2) is 4.79 Å². The summed E-state index contributed by atoms with van der Waals surface area (Å²) in [7, 11) is 0. The summed E-state index contributed by atoms with van der Waals surface area (Å²) in [6.45, 7) is -1.02. The fourth-order valence-electron chi connectivity index (χ4n) is 3.88. The third-order valence-corrected chi connectivity index (χ3v) is 7.14. The minimum Gasteiger partial charge on any atom is -0.350 e. The predicted molar refractivity (Wildman–Crippen MR) is 131 cm³/mol. The van der Waals surface area contributed by atoms with E-state index in [-0.39, 0.29) is 12.2 Å². The second-order valence-corrected chi connectivity index (χ2v) is 9.66. The Morgan fingerprint density at radius 3 is 2.51 bits per heavy atom. The Labute approximate surface area is 218 Å². The van der Waals surface area contributed by atoms with Gasteiger partial charge in [-0.05, 0) is 35.2 Å². The zero-order valence-electron chi connectivity index (χ0n) is 19.0. The van der Waals surface area contributed by atoms with Crippen molar-refractivity contribution >= 4 is 52.8 Å². The number of urea groups is 1. The van der Waals surface area contributed by atoms with E-state index in [1.807, 2.05) is 0 Å². The third-order valence-electron chi connectivity index (χ3n) is 5.68. The molecular formula is C24H20ClF3N4O4S. The number of imide groups is 1. The topological polar surface area (TPSA) is 98.8 Å². The van der Waals surface area contributed by atoms with Crippen LogP contribution < -0.4 is 10.6 Å². The summed E-state index contributed by atoms with van der Waals surface area (Å²) in [5.74, 6) is -1.94. The van der Waals surface area contributed by atoms with Crippen molar-refractivity contribution in [3.8, 4) is 0 Å². The first-order valence-corrected chi connectivity index (χ1v) is 12.3. The molecule has 37 heavy (non-hydrogen) atoms. The first kappa shape index (κ1) is 26.6. The summed E-state index contributed by atoms with van der Waals surface area (Å²) >= 11 is 7.23. The summed E-state index contributed by atoms with van der Waals surface area (Å²) < 4.78 is 38.9. The summed E-state index contributed by atoms with van der Waals surface area (Å²) in [4.78, 5) is 53.2. The van der Waals surface area contributed by atoms with Crippen molar-refractivity contribution in [2.75, 3.05) is 18.4 Å². The van der Waals surface area contributed by atoms with Crippen LogP contribution in [0.25, 0.3) is 0 Å². The van der Waals surface area contributed by atoms with Gasteiger partial charge in [0.05, 0.1) is 11.6 Å². The van der Waals surface area contributed by atoms with E-state index < -0.39 is 59.9 Å². The van der Waals surface area contributed by atoms with Crippen molar-refractivity contribution in [1.29, 1.82) is 0 Å². The number of thioether (sulfide) groups is 1. The molecule has 2 aromatic rings. The number of carbonyl (C=O) groups is 4. The van der Waals surface area contributed by atoms with Crippen LogP contribution in [-0.2, 0) is 27.1 Å². The summed E-state index contributed by atoms with van der Waals surface area (Å²) in [5, 5.41) is 6.28. The van der Waals surface area contributed by atoms with Crippen LogP contribution in [0.5, 0.6) is 0 Å². The van der Waals surface area contributed by atoms with Crippen LogP contribution >= 0.6 is 23.4 Å². The Hall–Kier alpha value is -3.51. The number of benzene rings is 2. The minimum atomic E-state index is -4.59. The highest BCUT2D eigenvalue weighted by atomic mass is 35.5. The highest BCUT2D eigenvalue weighted by Gasteiger charge is 2.48. The fourth-order valence-corrected chi connectivity index (χ4v) is 5.14. The van der Waals surface area contributed by atoms with Gasteiger partial charge in [0.15, 0.2) is 0 Å². The molecule has 0 radical (unpaired) electrons. The summed E-state index contributed by atoms with van der Waals surface area (Å²) in [5.41, 5.74) is -0.379. The first-order chi connectivity index (χ1) is 17.5. The maximum atomic E-state index is 13.2. The lowest BCUT2D eigenvalue weighted by atomic mass is 10.1. The lowest BCUT2D eigenvalue weighted by molar-refractivity contribution is -0.137. The normalized spacial score (nSPS) is 19.1. The number of nitrogens with zero attached hydrogens (tertiary/aromatic N) is 2. The Morgan fingerprint density at radius 2 is 1.78 bits per heavy atom. The smallest absolute Gasteiger partial charge is 0.350 e. The quantitative estimate of drug-likeness (QED) is 0.543. The van der Waals surface area contributed by atoms with Crippen molar-refractivity contribution < 1.29 is 32.3 Å². The molecule has 2 unspecified atom stereocenters. The predicted octanol–water partition coefficient (Wildman–Crippen LogP) is 3.88. The molecule has 5 amide bonds. The van der Waals surface area contributed by atoms with Crippen LogP contribution in [0.2, 0.25) is 5.02 Å². The number of nitrogens with one attached hydrogen (secondary N) is 2. The molecule has 2 heterocycles. The fraction of sp³-hybridized carbons (Fsp3) is 0.250. The molecule has 13 heteroatoms. The van der Waals surface area contributed by atoms with Gasteiger partial charge in [-0.2, -0.15) is 13.2 Å². The number of amides is 5. The van der Waals surface area contributed by atoms with Crippen molar-refractivity contribution in [3.05, 3.63) is 76.2 Å². The SMILES string of the molecule is O=C(CN1C(=O)C2SC=CC2N(CC(=O)Nc2cccc(C(F)(F)F)c2)C1=O)NCc1ccccc1Cl. The maximum absolute atomic E-state index is 13.2. The first-order valence-electron chi connectivity index (χ1n) is 11.0. The number of hydrogen-bond donors (Lipinski definition) is 2. The van der Waals surface area contributed by atoms with Gasteiger partial charge in [-0.3, -0.25) is 19.3 Å². The highest BCUT2D eigenvalue weighted by Crippen LogP contribution is 2.34.